The number of aromatic nitrogens is 1. The van der Waals surface area contributed by atoms with Gasteiger partial charge in [0, 0.05) is 16.8 Å². The van der Waals surface area contributed by atoms with Crippen molar-refractivity contribution in [3.63, 3.8) is 0 Å². The average Bonchev–Trinajstić information content (AvgIpc) is 3.08. The fourth-order valence-electron chi connectivity index (χ4n) is 1.73. The lowest BCUT2D eigenvalue weighted by Crippen LogP contribution is -2.28. The van der Waals surface area contributed by atoms with Crippen LogP contribution in [0.3, 0.4) is 0 Å². The van der Waals surface area contributed by atoms with Crippen molar-refractivity contribution in [3.8, 4) is 0 Å². The molecule has 118 valence electrons. The molecule has 2 aromatic rings. The molecule has 2 heterocycles. The predicted octanol–water partition coefficient (Wildman–Crippen LogP) is 2.70. The first kappa shape index (κ1) is 16.6. The second kappa shape index (κ2) is 8.05. The zero-order valence-electron chi connectivity index (χ0n) is 12.6. The summed E-state index contributed by atoms with van der Waals surface area (Å²) in [7, 11) is 0. The van der Waals surface area contributed by atoms with Gasteiger partial charge in [-0.25, -0.2) is 4.98 Å². The lowest BCUT2D eigenvalue weighted by atomic mass is 10.2. The van der Waals surface area contributed by atoms with Crippen molar-refractivity contribution in [3.05, 3.63) is 33.5 Å². The fourth-order valence-corrected chi connectivity index (χ4v) is 3.16. The zero-order chi connectivity index (χ0) is 15.9. The Morgan fingerprint density at radius 3 is 2.73 bits per heavy atom. The van der Waals surface area contributed by atoms with Gasteiger partial charge in [0.15, 0.2) is 5.13 Å². The highest BCUT2D eigenvalue weighted by Gasteiger charge is 2.11. The summed E-state index contributed by atoms with van der Waals surface area (Å²) in [6.45, 7) is 4.75. The maximum atomic E-state index is 11.9. The number of nitrogens with one attached hydrogen (secondary N) is 2. The molecule has 22 heavy (non-hydrogen) atoms. The van der Waals surface area contributed by atoms with Gasteiger partial charge in [-0.05, 0) is 17.4 Å². The highest BCUT2D eigenvalue weighted by molar-refractivity contribution is 7.14. The van der Waals surface area contributed by atoms with Crippen molar-refractivity contribution in [1.82, 2.24) is 10.3 Å². The Morgan fingerprint density at radius 1 is 1.23 bits per heavy atom. The zero-order valence-corrected chi connectivity index (χ0v) is 14.2. The smallest absolute Gasteiger partial charge is 0.231 e. The summed E-state index contributed by atoms with van der Waals surface area (Å²) in [6, 6.07) is 3.85. The molecule has 7 heteroatoms. The van der Waals surface area contributed by atoms with Gasteiger partial charge in [-0.3, -0.25) is 9.59 Å². The molecule has 0 fully saturated rings. The molecule has 0 saturated carbocycles. The van der Waals surface area contributed by atoms with Gasteiger partial charge in [-0.15, -0.1) is 22.7 Å². The molecule has 2 N–H and O–H groups in total. The Hall–Kier alpha value is -1.73. The molecule has 0 saturated heterocycles. The molecular formula is C15H19N3O2S2. The van der Waals surface area contributed by atoms with Crippen LogP contribution in [0.25, 0.3) is 0 Å². The lowest BCUT2D eigenvalue weighted by Gasteiger charge is -2.06. The van der Waals surface area contributed by atoms with Gasteiger partial charge in [0.1, 0.15) is 0 Å². The maximum Gasteiger partial charge on any atom is 0.231 e. The third-order valence-corrected chi connectivity index (χ3v) is 4.45. The van der Waals surface area contributed by atoms with Crippen molar-refractivity contribution in [2.75, 3.05) is 11.9 Å². The first-order valence-electron chi connectivity index (χ1n) is 7.06. The second-order valence-electron chi connectivity index (χ2n) is 5.32. The molecule has 0 aliphatic rings. The van der Waals surface area contributed by atoms with E-state index in [1.54, 1.807) is 16.7 Å². The molecule has 5 nitrogen and oxygen atoms in total. The number of thiophene rings is 1. The quantitative estimate of drug-likeness (QED) is 0.816. The molecule has 2 rings (SSSR count). The van der Waals surface area contributed by atoms with Crippen LogP contribution in [-0.2, 0) is 22.4 Å². The van der Waals surface area contributed by atoms with Crippen LogP contribution in [0.2, 0.25) is 0 Å². The Morgan fingerprint density at radius 2 is 2.05 bits per heavy atom. The number of thiazole rings is 1. The first-order valence-corrected chi connectivity index (χ1v) is 8.82. The minimum atomic E-state index is -0.0902. The number of anilines is 1. The van der Waals surface area contributed by atoms with Crippen LogP contribution in [-0.4, -0.2) is 23.3 Å². The van der Waals surface area contributed by atoms with Crippen LogP contribution >= 0.6 is 22.7 Å². The van der Waals surface area contributed by atoms with Crippen molar-refractivity contribution in [2.24, 2.45) is 5.92 Å². The number of carbonyl (C=O) groups excluding carboxylic acids is 2. The summed E-state index contributed by atoms with van der Waals surface area (Å²) in [5.74, 6) is 0.287. The van der Waals surface area contributed by atoms with E-state index in [4.69, 9.17) is 0 Å². The molecule has 0 bridgehead atoms. The van der Waals surface area contributed by atoms with Crippen molar-refractivity contribution in [2.45, 2.75) is 26.7 Å². The van der Waals surface area contributed by atoms with Gasteiger partial charge in [0.2, 0.25) is 11.8 Å². The normalized spacial score (nSPS) is 10.7. The third kappa shape index (κ3) is 5.57. The summed E-state index contributed by atoms with van der Waals surface area (Å²) >= 11 is 2.89. The second-order valence-corrected chi connectivity index (χ2v) is 7.21. The molecule has 0 unspecified atom stereocenters. The van der Waals surface area contributed by atoms with E-state index in [0.717, 1.165) is 4.88 Å². The average molecular weight is 337 g/mol. The Labute approximate surface area is 137 Å². The Bertz CT molecular complexity index is 621. The standard InChI is InChI=1S/C15H19N3O2S2/c1-10(2)8-16-13(19)6-11-9-22-15(17-11)18-14(20)7-12-4-3-5-21-12/h3-5,9-10H,6-8H2,1-2H3,(H,16,19)(H,17,18,20). The van der Waals surface area contributed by atoms with E-state index in [1.165, 1.54) is 11.3 Å². The molecule has 0 spiro atoms. The fraction of sp³-hybridized carbons (Fsp3) is 0.400. The lowest BCUT2D eigenvalue weighted by molar-refractivity contribution is -0.120. The van der Waals surface area contributed by atoms with E-state index in [1.807, 2.05) is 31.4 Å². The maximum absolute atomic E-state index is 11.9. The molecular weight excluding hydrogens is 318 g/mol. The molecule has 0 aromatic carbocycles. The van der Waals surface area contributed by atoms with Gasteiger partial charge >= 0.3 is 0 Å². The number of hydrogen-bond acceptors (Lipinski definition) is 5. The Balaban J connectivity index is 1.80. The van der Waals surface area contributed by atoms with Gasteiger partial charge in [-0.1, -0.05) is 19.9 Å². The molecule has 0 atom stereocenters. The SMILES string of the molecule is CC(C)CNC(=O)Cc1csc(NC(=O)Cc2cccs2)n1. The minimum absolute atomic E-state index is 0.0459. The molecule has 2 aromatic heterocycles. The van der Waals surface area contributed by atoms with E-state index in [2.05, 4.69) is 15.6 Å². The monoisotopic (exact) mass is 337 g/mol. The predicted molar refractivity (Wildman–Crippen MR) is 90.3 cm³/mol. The van der Waals surface area contributed by atoms with E-state index in [0.29, 0.717) is 29.7 Å². The largest absolute Gasteiger partial charge is 0.356 e. The number of hydrogen-bond donors (Lipinski definition) is 2. The highest BCUT2D eigenvalue weighted by atomic mass is 32.1. The number of rotatable bonds is 7. The summed E-state index contributed by atoms with van der Waals surface area (Å²) < 4.78 is 0. The molecule has 0 radical (unpaired) electrons. The number of nitrogens with zero attached hydrogens (tertiary/aromatic N) is 1. The van der Waals surface area contributed by atoms with Gasteiger partial charge < -0.3 is 10.6 Å². The van der Waals surface area contributed by atoms with Crippen LogP contribution in [0, 0.1) is 5.92 Å². The van der Waals surface area contributed by atoms with Crippen LogP contribution < -0.4 is 10.6 Å². The Kier molecular flexibility index (Phi) is 6.09. The van der Waals surface area contributed by atoms with E-state index in [9.17, 15) is 9.59 Å². The van der Waals surface area contributed by atoms with Crippen molar-refractivity contribution < 1.29 is 9.59 Å². The van der Waals surface area contributed by atoms with Crippen LogP contribution in [0.1, 0.15) is 24.4 Å². The minimum Gasteiger partial charge on any atom is -0.356 e. The molecule has 2 amide bonds. The van der Waals surface area contributed by atoms with E-state index >= 15 is 0 Å². The summed E-state index contributed by atoms with van der Waals surface area (Å²) in [5, 5.41) is 9.90. The molecule has 0 aliphatic heterocycles. The first-order chi connectivity index (χ1) is 10.5. The van der Waals surface area contributed by atoms with Gasteiger partial charge in [0.25, 0.3) is 0 Å². The van der Waals surface area contributed by atoms with Crippen LogP contribution in [0.5, 0.6) is 0 Å². The summed E-state index contributed by atoms with van der Waals surface area (Å²) in [4.78, 5) is 28.9. The number of amides is 2. The number of carbonyl (C=O) groups is 2. The molecule has 0 aliphatic carbocycles. The summed E-state index contributed by atoms with van der Waals surface area (Å²) in [6.07, 6.45) is 0.589. The summed E-state index contributed by atoms with van der Waals surface area (Å²) in [5.41, 5.74) is 0.678. The third-order valence-electron chi connectivity index (χ3n) is 2.76. The van der Waals surface area contributed by atoms with Crippen LogP contribution in [0.15, 0.2) is 22.9 Å². The van der Waals surface area contributed by atoms with Crippen molar-refractivity contribution in [1.29, 1.82) is 0 Å². The topological polar surface area (TPSA) is 71.1 Å². The van der Waals surface area contributed by atoms with E-state index in [-0.39, 0.29) is 18.2 Å². The van der Waals surface area contributed by atoms with E-state index < -0.39 is 0 Å². The van der Waals surface area contributed by atoms with Crippen LogP contribution in [0.4, 0.5) is 5.13 Å². The van der Waals surface area contributed by atoms with Gasteiger partial charge in [-0.2, -0.15) is 0 Å². The van der Waals surface area contributed by atoms with Gasteiger partial charge in [0.05, 0.1) is 18.5 Å². The highest BCUT2D eigenvalue weighted by Crippen LogP contribution is 2.17. The van der Waals surface area contributed by atoms with Crippen molar-refractivity contribution >= 4 is 39.6 Å².